The van der Waals surface area contributed by atoms with E-state index in [4.69, 9.17) is 0 Å². The molecule has 0 saturated heterocycles. The smallest absolute Gasteiger partial charge is 0.144 e. The standard InChI is InChI=1S/C21H23N5O/c1-24(2)14-16-4-3-5-17(12-16)21-22-8-9-26(21)18-6-7-20-19(13-18)23-15-25(20)10-11-27/h3-9,12-13,15,27H,10-11,14H2,1-2H3. The SMILES string of the molecule is CN(C)Cc1cccc(-c2nccn2-c2ccc3c(c2)ncn3CCO)c1. The minimum atomic E-state index is 0.0994. The summed E-state index contributed by atoms with van der Waals surface area (Å²) in [5, 5.41) is 9.18. The van der Waals surface area contributed by atoms with Crippen molar-refractivity contribution in [3.05, 3.63) is 66.7 Å². The highest BCUT2D eigenvalue weighted by molar-refractivity contribution is 5.78. The largest absolute Gasteiger partial charge is 0.395 e. The Bertz CT molecular complexity index is 1060. The Balaban J connectivity index is 1.73. The zero-order valence-corrected chi connectivity index (χ0v) is 15.6. The van der Waals surface area contributed by atoms with Gasteiger partial charge in [-0.05, 0) is 43.9 Å². The van der Waals surface area contributed by atoms with Crippen LogP contribution < -0.4 is 0 Å². The number of aromatic nitrogens is 4. The van der Waals surface area contributed by atoms with Crippen molar-refractivity contribution >= 4 is 11.0 Å². The summed E-state index contributed by atoms with van der Waals surface area (Å²) in [5.41, 5.74) is 5.28. The van der Waals surface area contributed by atoms with Crippen molar-refractivity contribution in [2.45, 2.75) is 13.1 Å². The summed E-state index contributed by atoms with van der Waals surface area (Å²) in [6.07, 6.45) is 5.56. The Kier molecular flexibility index (Phi) is 4.75. The molecule has 27 heavy (non-hydrogen) atoms. The molecule has 0 spiro atoms. The molecule has 6 heteroatoms. The van der Waals surface area contributed by atoms with Gasteiger partial charge in [0, 0.05) is 36.7 Å². The van der Waals surface area contributed by atoms with Crippen LogP contribution in [0.3, 0.4) is 0 Å². The summed E-state index contributed by atoms with van der Waals surface area (Å²) in [7, 11) is 4.14. The van der Waals surface area contributed by atoms with Crippen molar-refractivity contribution in [2.24, 2.45) is 0 Å². The summed E-state index contributed by atoms with van der Waals surface area (Å²) < 4.78 is 4.04. The predicted octanol–water partition coefficient (Wildman–Crippen LogP) is 2.94. The van der Waals surface area contributed by atoms with Gasteiger partial charge in [0.25, 0.3) is 0 Å². The third-order valence-corrected chi connectivity index (χ3v) is 4.55. The molecule has 0 bridgehead atoms. The van der Waals surface area contributed by atoms with Crippen molar-refractivity contribution in [3.63, 3.8) is 0 Å². The maximum absolute atomic E-state index is 9.18. The molecule has 0 atom stereocenters. The maximum atomic E-state index is 9.18. The average molecular weight is 361 g/mol. The molecule has 0 saturated carbocycles. The lowest BCUT2D eigenvalue weighted by Gasteiger charge is -2.12. The number of fused-ring (bicyclic) bond motifs is 1. The van der Waals surface area contributed by atoms with Crippen LogP contribution >= 0.6 is 0 Å². The molecule has 138 valence electrons. The average Bonchev–Trinajstić information content (AvgIpc) is 3.29. The van der Waals surface area contributed by atoms with Crippen LogP contribution in [0.4, 0.5) is 0 Å². The topological polar surface area (TPSA) is 59.1 Å². The maximum Gasteiger partial charge on any atom is 0.144 e. The molecule has 6 nitrogen and oxygen atoms in total. The first-order valence-electron chi connectivity index (χ1n) is 8.99. The highest BCUT2D eigenvalue weighted by Crippen LogP contribution is 2.25. The Hall–Kier alpha value is -2.96. The van der Waals surface area contributed by atoms with Gasteiger partial charge >= 0.3 is 0 Å². The summed E-state index contributed by atoms with van der Waals surface area (Å²) in [5.74, 6) is 0.907. The van der Waals surface area contributed by atoms with Gasteiger partial charge < -0.3 is 14.6 Å². The molecule has 0 aliphatic rings. The fourth-order valence-corrected chi connectivity index (χ4v) is 3.39. The third kappa shape index (κ3) is 3.49. The molecular formula is C21H23N5O. The first-order chi connectivity index (χ1) is 13.2. The summed E-state index contributed by atoms with van der Waals surface area (Å²) in [6, 6.07) is 14.6. The predicted molar refractivity (Wildman–Crippen MR) is 107 cm³/mol. The lowest BCUT2D eigenvalue weighted by Crippen LogP contribution is -2.10. The number of hydrogen-bond acceptors (Lipinski definition) is 4. The van der Waals surface area contributed by atoms with Crippen LogP contribution in [0.1, 0.15) is 5.56 Å². The van der Waals surface area contributed by atoms with E-state index in [0.717, 1.165) is 34.7 Å². The first-order valence-corrected chi connectivity index (χ1v) is 8.99. The Morgan fingerprint density at radius 3 is 2.78 bits per heavy atom. The minimum Gasteiger partial charge on any atom is -0.395 e. The van der Waals surface area contributed by atoms with E-state index < -0.39 is 0 Å². The van der Waals surface area contributed by atoms with Crippen LogP contribution in [0.15, 0.2) is 61.2 Å². The monoisotopic (exact) mass is 361 g/mol. The van der Waals surface area contributed by atoms with Gasteiger partial charge in [-0.1, -0.05) is 18.2 Å². The van der Waals surface area contributed by atoms with Crippen LogP contribution in [-0.2, 0) is 13.1 Å². The van der Waals surface area contributed by atoms with Crippen molar-refractivity contribution < 1.29 is 5.11 Å². The molecule has 4 rings (SSSR count). The Morgan fingerprint density at radius 1 is 1.07 bits per heavy atom. The van der Waals surface area contributed by atoms with Crippen molar-refractivity contribution in [1.29, 1.82) is 0 Å². The molecule has 0 unspecified atom stereocenters. The fourth-order valence-electron chi connectivity index (χ4n) is 3.39. The van der Waals surface area contributed by atoms with Crippen LogP contribution in [0, 0.1) is 0 Å². The van der Waals surface area contributed by atoms with Gasteiger partial charge in [-0.15, -0.1) is 0 Å². The van der Waals surface area contributed by atoms with E-state index in [-0.39, 0.29) is 6.61 Å². The lowest BCUT2D eigenvalue weighted by molar-refractivity contribution is 0.278. The zero-order chi connectivity index (χ0) is 18.8. The molecule has 2 heterocycles. The molecule has 0 amide bonds. The van der Waals surface area contributed by atoms with Crippen LogP contribution in [0.25, 0.3) is 28.1 Å². The minimum absolute atomic E-state index is 0.0994. The van der Waals surface area contributed by atoms with Gasteiger partial charge in [-0.25, -0.2) is 9.97 Å². The highest BCUT2D eigenvalue weighted by Gasteiger charge is 2.11. The zero-order valence-electron chi connectivity index (χ0n) is 15.6. The molecule has 2 aromatic carbocycles. The molecule has 0 fully saturated rings. The molecular weight excluding hydrogens is 338 g/mol. The lowest BCUT2D eigenvalue weighted by atomic mass is 10.1. The Morgan fingerprint density at radius 2 is 1.96 bits per heavy atom. The fraction of sp³-hybridized carbons (Fsp3) is 0.238. The van der Waals surface area contributed by atoms with Gasteiger partial charge in [0.15, 0.2) is 0 Å². The molecule has 0 radical (unpaired) electrons. The number of nitrogens with zero attached hydrogens (tertiary/aromatic N) is 5. The number of aliphatic hydroxyl groups excluding tert-OH is 1. The number of rotatable bonds is 6. The van der Waals surface area contributed by atoms with Gasteiger partial charge in [-0.2, -0.15) is 0 Å². The Labute approximate surface area is 158 Å². The van der Waals surface area contributed by atoms with Crippen molar-refractivity contribution in [1.82, 2.24) is 24.0 Å². The van der Waals surface area contributed by atoms with E-state index in [9.17, 15) is 5.11 Å². The third-order valence-electron chi connectivity index (χ3n) is 4.55. The second kappa shape index (κ2) is 7.34. The van der Waals surface area contributed by atoms with Gasteiger partial charge in [0.2, 0.25) is 0 Å². The van der Waals surface area contributed by atoms with Gasteiger partial charge in [-0.3, -0.25) is 4.57 Å². The second-order valence-electron chi connectivity index (χ2n) is 6.89. The quantitative estimate of drug-likeness (QED) is 0.574. The normalized spacial score (nSPS) is 11.6. The molecule has 1 N–H and O–H groups in total. The van der Waals surface area contributed by atoms with Crippen molar-refractivity contribution in [3.8, 4) is 17.1 Å². The highest BCUT2D eigenvalue weighted by atomic mass is 16.3. The van der Waals surface area contributed by atoms with E-state index in [2.05, 4.69) is 69.9 Å². The molecule has 2 aromatic heterocycles. The van der Waals surface area contributed by atoms with E-state index in [1.54, 1.807) is 6.33 Å². The number of aliphatic hydroxyl groups is 1. The number of benzene rings is 2. The van der Waals surface area contributed by atoms with Crippen molar-refractivity contribution in [2.75, 3.05) is 20.7 Å². The summed E-state index contributed by atoms with van der Waals surface area (Å²) >= 11 is 0. The van der Waals surface area contributed by atoms with Crippen LogP contribution in [0.2, 0.25) is 0 Å². The van der Waals surface area contributed by atoms with E-state index >= 15 is 0 Å². The van der Waals surface area contributed by atoms with E-state index in [1.165, 1.54) is 5.56 Å². The van der Waals surface area contributed by atoms with Crippen LogP contribution in [-0.4, -0.2) is 49.8 Å². The van der Waals surface area contributed by atoms with E-state index in [0.29, 0.717) is 6.54 Å². The molecule has 0 aliphatic heterocycles. The number of imidazole rings is 2. The van der Waals surface area contributed by atoms with Gasteiger partial charge in [0.05, 0.1) is 24.0 Å². The molecule has 4 aromatic rings. The first kappa shape index (κ1) is 17.5. The summed E-state index contributed by atoms with van der Waals surface area (Å²) in [4.78, 5) is 11.2. The summed E-state index contributed by atoms with van der Waals surface area (Å²) in [6.45, 7) is 1.54. The second-order valence-corrected chi connectivity index (χ2v) is 6.89. The van der Waals surface area contributed by atoms with Crippen LogP contribution in [0.5, 0.6) is 0 Å². The van der Waals surface area contributed by atoms with E-state index in [1.807, 2.05) is 23.0 Å². The van der Waals surface area contributed by atoms with Gasteiger partial charge in [0.1, 0.15) is 5.82 Å². The number of hydrogen-bond donors (Lipinski definition) is 1. The molecule has 0 aliphatic carbocycles.